The van der Waals surface area contributed by atoms with Gasteiger partial charge in [0.15, 0.2) is 0 Å². The van der Waals surface area contributed by atoms with Crippen molar-refractivity contribution in [2.24, 2.45) is 23.7 Å². The zero-order valence-corrected chi connectivity index (χ0v) is 10.3. The van der Waals surface area contributed by atoms with E-state index < -0.39 is 0 Å². The predicted octanol–water partition coefficient (Wildman–Crippen LogP) is 3.85. The molecule has 0 nitrogen and oxygen atoms in total. The number of rotatable bonds is 0. The van der Waals surface area contributed by atoms with Gasteiger partial charge in [-0.3, -0.25) is 0 Å². The minimum Gasteiger partial charge on any atom is -0.149 e. The predicted molar refractivity (Wildman–Crippen MR) is 64.2 cm³/mol. The maximum absolute atomic E-state index is 2.49. The summed E-state index contributed by atoms with van der Waals surface area (Å²) in [5.74, 6) is 3.99. The number of fused-ring (bicyclic) bond motifs is 4. The highest BCUT2D eigenvalue weighted by molar-refractivity contribution is 7.10. The molecule has 4 rings (SSSR count). The molecule has 15 heavy (non-hydrogen) atoms. The van der Waals surface area contributed by atoms with Crippen molar-refractivity contribution in [1.82, 2.24) is 0 Å². The first kappa shape index (κ1) is 8.81. The maximum Gasteiger partial charge on any atom is 0.00860 e. The van der Waals surface area contributed by atoms with Crippen LogP contribution in [0.2, 0.25) is 0 Å². The van der Waals surface area contributed by atoms with Crippen LogP contribution in [0.5, 0.6) is 0 Å². The van der Waals surface area contributed by atoms with Gasteiger partial charge in [-0.1, -0.05) is 13.8 Å². The second-order valence-corrected chi connectivity index (χ2v) is 7.04. The molecule has 0 N–H and O–H groups in total. The molecule has 3 aliphatic carbocycles. The number of thiophene rings is 1. The first-order chi connectivity index (χ1) is 7.24. The van der Waals surface area contributed by atoms with Crippen molar-refractivity contribution in [3.8, 4) is 0 Å². The molecule has 0 aromatic carbocycles. The third-order valence-electron chi connectivity index (χ3n) is 5.53. The zero-order valence-electron chi connectivity index (χ0n) is 9.49. The summed E-state index contributed by atoms with van der Waals surface area (Å²) < 4.78 is 0. The van der Waals surface area contributed by atoms with Crippen molar-refractivity contribution < 1.29 is 0 Å². The molecule has 1 aromatic rings. The minimum absolute atomic E-state index is 0.623. The van der Waals surface area contributed by atoms with Crippen LogP contribution >= 0.6 is 11.3 Å². The van der Waals surface area contributed by atoms with Gasteiger partial charge < -0.3 is 0 Å². The maximum atomic E-state index is 2.49. The SMILES string of the molecule is CC1CC(C)C12c1ccsc1CC1CC12. The third kappa shape index (κ3) is 0.824. The Bertz CT molecular complexity index is 409. The fourth-order valence-electron chi connectivity index (χ4n) is 4.89. The molecule has 0 amide bonds. The van der Waals surface area contributed by atoms with E-state index in [-0.39, 0.29) is 0 Å². The lowest BCUT2D eigenvalue weighted by molar-refractivity contribution is 0.0188. The van der Waals surface area contributed by atoms with Crippen LogP contribution in [0, 0.1) is 23.7 Å². The molecule has 0 saturated heterocycles. The summed E-state index contributed by atoms with van der Waals surface area (Å²) in [7, 11) is 0. The monoisotopic (exact) mass is 218 g/mol. The summed E-state index contributed by atoms with van der Waals surface area (Å²) in [6.45, 7) is 4.98. The largest absolute Gasteiger partial charge is 0.149 e. The highest BCUT2D eigenvalue weighted by Gasteiger charge is 2.65. The zero-order chi connectivity index (χ0) is 10.2. The molecule has 0 bridgehead atoms. The smallest absolute Gasteiger partial charge is 0.00860 e. The number of hydrogen-bond donors (Lipinski definition) is 0. The van der Waals surface area contributed by atoms with Gasteiger partial charge in [-0.25, -0.2) is 0 Å². The van der Waals surface area contributed by atoms with E-state index in [9.17, 15) is 0 Å². The van der Waals surface area contributed by atoms with Gasteiger partial charge in [0.2, 0.25) is 0 Å². The minimum atomic E-state index is 0.623. The third-order valence-corrected chi connectivity index (χ3v) is 6.48. The van der Waals surface area contributed by atoms with Crippen molar-refractivity contribution in [1.29, 1.82) is 0 Å². The normalized spacial score (nSPS) is 50.8. The van der Waals surface area contributed by atoms with E-state index in [1.54, 1.807) is 10.4 Å². The highest BCUT2D eigenvalue weighted by atomic mass is 32.1. The molecule has 0 aliphatic heterocycles. The molecular formula is C14H18S. The second kappa shape index (κ2) is 2.51. The molecule has 0 radical (unpaired) electrons. The molecule has 2 fully saturated rings. The molecule has 4 atom stereocenters. The van der Waals surface area contributed by atoms with Crippen LogP contribution < -0.4 is 0 Å². The first-order valence-electron chi connectivity index (χ1n) is 6.31. The quantitative estimate of drug-likeness (QED) is 0.620. The van der Waals surface area contributed by atoms with Crippen LogP contribution in [-0.2, 0) is 11.8 Å². The second-order valence-electron chi connectivity index (χ2n) is 6.03. The molecule has 1 aromatic heterocycles. The lowest BCUT2D eigenvalue weighted by Gasteiger charge is -2.57. The van der Waals surface area contributed by atoms with Crippen LogP contribution in [0.1, 0.15) is 37.1 Å². The molecule has 1 heteroatoms. The Kier molecular flexibility index (Phi) is 1.47. The average Bonchev–Trinajstić information content (AvgIpc) is 2.82. The Morgan fingerprint density at radius 3 is 2.80 bits per heavy atom. The molecular weight excluding hydrogens is 200 g/mol. The summed E-state index contributed by atoms with van der Waals surface area (Å²) in [4.78, 5) is 1.73. The first-order valence-corrected chi connectivity index (χ1v) is 7.19. The fourth-order valence-corrected chi connectivity index (χ4v) is 5.94. The fraction of sp³-hybridized carbons (Fsp3) is 0.714. The summed E-state index contributed by atoms with van der Waals surface area (Å²) in [6, 6.07) is 2.45. The van der Waals surface area contributed by atoms with Crippen LogP contribution in [0.25, 0.3) is 0 Å². The van der Waals surface area contributed by atoms with Crippen molar-refractivity contribution >= 4 is 11.3 Å². The summed E-state index contributed by atoms with van der Waals surface area (Å²) in [5.41, 5.74) is 2.38. The summed E-state index contributed by atoms with van der Waals surface area (Å²) in [6.07, 6.45) is 4.38. The van der Waals surface area contributed by atoms with Crippen molar-refractivity contribution in [2.45, 2.75) is 38.5 Å². The Labute approximate surface area is 95.7 Å². The van der Waals surface area contributed by atoms with E-state index in [1.165, 1.54) is 19.3 Å². The summed E-state index contributed by atoms with van der Waals surface area (Å²) in [5, 5.41) is 2.33. The van der Waals surface area contributed by atoms with Gasteiger partial charge in [0.25, 0.3) is 0 Å². The van der Waals surface area contributed by atoms with E-state index in [2.05, 4.69) is 25.3 Å². The van der Waals surface area contributed by atoms with Gasteiger partial charge >= 0.3 is 0 Å². The Balaban J connectivity index is 1.93. The average molecular weight is 218 g/mol. The van der Waals surface area contributed by atoms with Gasteiger partial charge in [-0.2, -0.15) is 0 Å². The van der Waals surface area contributed by atoms with Gasteiger partial charge in [0.1, 0.15) is 0 Å². The van der Waals surface area contributed by atoms with Crippen LogP contribution in [0.4, 0.5) is 0 Å². The van der Waals surface area contributed by atoms with E-state index in [4.69, 9.17) is 0 Å². The Hall–Kier alpha value is -0.300. The lowest BCUT2D eigenvalue weighted by atomic mass is 9.47. The molecule has 80 valence electrons. The Morgan fingerprint density at radius 2 is 2.07 bits per heavy atom. The van der Waals surface area contributed by atoms with Crippen molar-refractivity contribution in [3.05, 3.63) is 21.9 Å². The number of hydrogen-bond acceptors (Lipinski definition) is 1. The van der Waals surface area contributed by atoms with E-state index >= 15 is 0 Å². The summed E-state index contributed by atoms with van der Waals surface area (Å²) >= 11 is 2.01. The topological polar surface area (TPSA) is 0 Å². The van der Waals surface area contributed by atoms with Gasteiger partial charge in [-0.05, 0) is 59.9 Å². The van der Waals surface area contributed by atoms with E-state index in [1.807, 2.05) is 11.3 Å². The molecule has 4 unspecified atom stereocenters. The van der Waals surface area contributed by atoms with E-state index in [0.29, 0.717) is 5.41 Å². The van der Waals surface area contributed by atoms with Crippen molar-refractivity contribution in [2.75, 3.05) is 0 Å². The van der Waals surface area contributed by atoms with Crippen LogP contribution in [0.15, 0.2) is 11.4 Å². The molecule has 1 spiro atoms. The van der Waals surface area contributed by atoms with Crippen LogP contribution in [0.3, 0.4) is 0 Å². The molecule has 1 heterocycles. The Morgan fingerprint density at radius 1 is 1.27 bits per heavy atom. The van der Waals surface area contributed by atoms with E-state index in [0.717, 1.165) is 23.7 Å². The van der Waals surface area contributed by atoms with Gasteiger partial charge in [0, 0.05) is 10.3 Å². The lowest BCUT2D eigenvalue weighted by Crippen LogP contribution is -2.54. The van der Waals surface area contributed by atoms with Crippen molar-refractivity contribution in [3.63, 3.8) is 0 Å². The standard InChI is InChI=1S/C14H18S/c1-8-5-9(2)14(8)11-3-4-15-13(11)7-10-6-12(10)14/h3-4,8-10,12H,5-7H2,1-2H3. The van der Waals surface area contributed by atoms with Gasteiger partial charge in [-0.15, -0.1) is 11.3 Å². The molecule has 3 aliphatic rings. The van der Waals surface area contributed by atoms with Crippen LogP contribution in [-0.4, -0.2) is 0 Å². The van der Waals surface area contributed by atoms with Gasteiger partial charge in [0.05, 0.1) is 0 Å². The highest BCUT2D eigenvalue weighted by Crippen LogP contribution is 2.70. The molecule has 2 saturated carbocycles.